The second-order valence-electron chi connectivity index (χ2n) is 9.51. The molecule has 3 aliphatic heterocycles. The van der Waals surface area contributed by atoms with Crippen molar-refractivity contribution in [3.05, 3.63) is 17.1 Å². The van der Waals surface area contributed by atoms with Crippen molar-refractivity contribution in [3.8, 4) is 0 Å². The smallest absolute Gasteiger partial charge is 0.236 e. The van der Waals surface area contributed by atoms with Crippen LogP contribution in [0, 0.1) is 12.8 Å². The van der Waals surface area contributed by atoms with E-state index in [4.69, 9.17) is 9.97 Å². The van der Waals surface area contributed by atoms with Gasteiger partial charge < -0.3 is 4.90 Å². The van der Waals surface area contributed by atoms with Crippen LogP contribution in [0.25, 0.3) is 0 Å². The van der Waals surface area contributed by atoms with Crippen molar-refractivity contribution in [1.82, 2.24) is 19.8 Å². The van der Waals surface area contributed by atoms with Crippen LogP contribution in [0.3, 0.4) is 0 Å². The summed E-state index contributed by atoms with van der Waals surface area (Å²) >= 11 is 0. The maximum atomic E-state index is 12.6. The van der Waals surface area contributed by atoms with Gasteiger partial charge in [-0.3, -0.25) is 19.4 Å². The molecule has 1 atom stereocenters. The second kappa shape index (κ2) is 9.00. The van der Waals surface area contributed by atoms with Gasteiger partial charge in [0.1, 0.15) is 11.6 Å². The lowest BCUT2D eigenvalue weighted by molar-refractivity contribution is -0.131. The molecule has 2 saturated heterocycles. The van der Waals surface area contributed by atoms with Gasteiger partial charge in [0.05, 0.1) is 6.54 Å². The maximum Gasteiger partial charge on any atom is 0.236 e. The third kappa shape index (κ3) is 4.51. The van der Waals surface area contributed by atoms with Gasteiger partial charge in [-0.25, -0.2) is 9.97 Å². The summed E-state index contributed by atoms with van der Waals surface area (Å²) in [4.78, 5) is 41.0. The third-order valence-corrected chi connectivity index (χ3v) is 6.74. The number of amides is 2. The Balaban J connectivity index is 1.48. The molecular formula is C23H35N5O2. The first-order valence-electron chi connectivity index (χ1n) is 11.6. The molecule has 0 bridgehead atoms. The second-order valence-corrected chi connectivity index (χ2v) is 9.51. The van der Waals surface area contributed by atoms with Gasteiger partial charge in [0.25, 0.3) is 0 Å². The van der Waals surface area contributed by atoms with Gasteiger partial charge in [0, 0.05) is 49.8 Å². The highest BCUT2D eigenvalue weighted by atomic mass is 16.2. The van der Waals surface area contributed by atoms with Gasteiger partial charge in [0.2, 0.25) is 11.8 Å². The quantitative estimate of drug-likeness (QED) is 0.717. The molecule has 1 aromatic rings. The summed E-state index contributed by atoms with van der Waals surface area (Å²) in [5, 5.41) is 0. The largest absolute Gasteiger partial charge is 0.342 e. The van der Waals surface area contributed by atoms with Gasteiger partial charge in [-0.2, -0.15) is 0 Å². The van der Waals surface area contributed by atoms with Crippen LogP contribution in [0.1, 0.15) is 69.0 Å². The molecule has 0 unspecified atom stereocenters. The molecule has 2 amide bonds. The van der Waals surface area contributed by atoms with Crippen molar-refractivity contribution in [2.45, 2.75) is 65.2 Å². The fourth-order valence-corrected chi connectivity index (χ4v) is 4.85. The number of hydrogen-bond acceptors (Lipinski definition) is 5. The lowest BCUT2D eigenvalue weighted by Gasteiger charge is -2.30. The molecular weight excluding hydrogens is 378 g/mol. The van der Waals surface area contributed by atoms with Crippen molar-refractivity contribution in [3.63, 3.8) is 0 Å². The summed E-state index contributed by atoms with van der Waals surface area (Å²) in [6.07, 6.45) is 5.47. The van der Waals surface area contributed by atoms with E-state index in [0.29, 0.717) is 18.9 Å². The number of nitrogens with zero attached hydrogens (tertiary/aromatic N) is 5. The monoisotopic (exact) mass is 413 g/mol. The molecule has 4 heterocycles. The number of carbonyl (C=O) groups is 2. The topological polar surface area (TPSA) is 69.6 Å². The average Bonchev–Trinajstić information content (AvgIpc) is 3.39. The Hall–Kier alpha value is -2.02. The van der Waals surface area contributed by atoms with Crippen molar-refractivity contribution < 1.29 is 9.59 Å². The Morgan fingerprint density at radius 2 is 1.90 bits per heavy atom. The van der Waals surface area contributed by atoms with Crippen molar-refractivity contribution in [1.29, 1.82) is 0 Å². The number of aromatic nitrogens is 2. The molecule has 0 saturated carbocycles. The summed E-state index contributed by atoms with van der Waals surface area (Å²) < 4.78 is 0. The molecule has 1 aromatic heterocycles. The van der Waals surface area contributed by atoms with Crippen LogP contribution in [0.4, 0.5) is 5.82 Å². The van der Waals surface area contributed by atoms with Gasteiger partial charge >= 0.3 is 0 Å². The van der Waals surface area contributed by atoms with E-state index in [1.165, 1.54) is 0 Å². The highest BCUT2D eigenvalue weighted by Gasteiger charge is 2.32. The minimum absolute atomic E-state index is 0.177. The number of carbonyl (C=O) groups excluding carboxylic acids is 2. The summed E-state index contributed by atoms with van der Waals surface area (Å²) in [5.74, 6) is 2.87. The van der Waals surface area contributed by atoms with Crippen LogP contribution in [-0.4, -0.2) is 70.9 Å². The fourth-order valence-electron chi connectivity index (χ4n) is 4.85. The Morgan fingerprint density at radius 3 is 2.63 bits per heavy atom. The Bertz CT molecular complexity index is 803. The van der Waals surface area contributed by atoms with Crippen LogP contribution < -0.4 is 4.90 Å². The number of aryl methyl sites for hydroxylation is 1. The summed E-state index contributed by atoms with van der Waals surface area (Å²) in [7, 11) is 0. The van der Waals surface area contributed by atoms with Gasteiger partial charge in [-0.05, 0) is 51.5 Å². The molecule has 0 spiro atoms. The summed E-state index contributed by atoms with van der Waals surface area (Å²) in [6.45, 7) is 11.2. The third-order valence-electron chi connectivity index (χ3n) is 6.74. The molecule has 0 N–H and O–H groups in total. The highest BCUT2D eigenvalue weighted by molar-refractivity contribution is 5.95. The van der Waals surface area contributed by atoms with Crippen LogP contribution in [-0.2, 0) is 16.0 Å². The van der Waals surface area contributed by atoms with Crippen LogP contribution in [0.15, 0.2) is 0 Å². The number of likely N-dealkylation sites (tertiary alicyclic amines) is 2. The molecule has 164 valence electrons. The predicted octanol–water partition coefficient (Wildman–Crippen LogP) is 2.52. The Kier molecular flexibility index (Phi) is 6.37. The van der Waals surface area contributed by atoms with E-state index in [1.807, 2.05) is 16.7 Å². The fraction of sp³-hybridized carbons (Fsp3) is 0.739. The summed E-state index contributed by atoms with van der Waals surface area (Å²) in [6, 6.07) is 0. The van der Waals surface area contributed by atoms with Gasteiger partial charge in [-0.15, -0.1) is 0 Å². The lowest BCUT2D eigenvalue weighted by atomic mass is 10.0. The molecule has 3 aliphatic rings. The number of fused-ring (bicyclic) bond motifs is 1. The van der Waals surface area contributed by atoms with Gasteiger partial charge in [-0.1, -0.05) is 13.8 Å². The van der Waals surface area contributed by atoms with E-state index in [2.05, 4.69) is 18.7 Å². The zero-order valence-electron chi connectivity index (χ0n) is 18.7. The first-order chi connectivity index (χ1) is 14.4. The normalized spacial score (nSPS) is 22.3. The zero-order chi connectivity index (χ0) is 21.3. The van der Waals surface area contributed by atoms with E-state index in [9.17, 15) is 9.59 Å². The van der Waals surface area contributed by atoms with Crippen LogP contribution >= 0.6 is 0 Å². The average molecular weight is 414 g/mol. The van der Waals surface area contributed by atoms with E-state index in [0.717, 1.165) is 87.7 Å². The first kappa shape index (κ1) is 21.2. The van der Waals surface area contributed by atoms with E-state index in [-0.39, 0.29) is 17.7 Å². The van der Waals surface area contributed by atoms with E-state index >= 15 is 0 Å². The van der Waals surface area contributed by atoms with Gasteiger partial charge in [0.15, 0.2) is 0 Å². The van der Waals surface area contributed by atoms with Crippen molar-refractivity contribution in [2.24, 2.45) is 5.92 Å². The van der Waals surface area contributed by atoms with Crippen molar-refractivity contribution in [2.75, 3.05) is 44.2 Å². The Morgan fingerprint density at radius 1 is 1.13 bits per heavy atom. The number of hydrogen-bond donors (Lipinski definition) is 0. The molecule has 0 aromatic carbocycles. The predicted molar refractivity (Wildman–Crippen MR) is 117 cm³/mol. The molecule has 2 fully saturated rings. The molecule has 7 heteroatoms. The molecule has 0 radical (unpaired) electrons. The van der Waals surface area contributed by atoms with E-state index in [1.54, 1.807) is 0 Å². The molecule has 0 aliphatic carbocycles. The highest BCUT2D eigenvalue weighted by Crippen LogP contribution is 2.32. The standard InChI is InChI=1S/C23H35N5O2/c1-16(2)8-13-28-20(29)7-6-19-17(3)24-22(25-23(19)28)18-9-12-26(14-18)15-21(30)27-10-4-5-11-27/h16,18H,4-15H2,1-3H3/t18-/m1/s1. The maximum absolute atomic E-state index is 12.6. The van der Waals surface area contributed by atoms with Crippen LogP contribution in [0.5, 0.6) is 0 Å². The minimum atomic E-state index is 0.177. The molecule has 4 rings (SSSR count). The SMILES string of the molecule is Cc1nc([C@@H]2CCN(CC(=O)N3CCCC3)C2)nc2c1CCC(=O)N2CCC(C)C. The first-order valence-corrected chi connectivity index (χ1v) is 11.6. The number of rotatable bonds is 6. The van der Waals surface area contributed by atoms with Crippen LogP contribution in [0.2, 0.25) is 0 Å². The lowest BCUT2D eigenvalue weighted by Crippen LogP contribution is -2.38. The molecule has 7 nitrogen and oxygen atoms in total. The Labute approximate surface area is 179 Å². The van der Waals surface area contributed by atoms with Crippen molar-refractivity contribution >= 4 is 17.6 Å². The minimum Gasteiger partial charge on any atom is -0.342 e. The molecule has 30 heavy (non-hydrogen) atoms. The summed E-state index contributed by atoms with van der Waals surface area (Å²) in [5.41, 5.74) is 2.13. The zero-order valence-corrected chi connectivity index (χ0v) is 18.7. The number of anilines is 1. The van der Waals surface area contributed by atoms with E-state index < -0.39 is 0 Å².